The largest absolute Gasteiger partial charge is 0.120 e. The van der Waals surface area contributed by atoms with Gasteiger partial charge in [0.2, 0.25) is 0 Å². The second-order valence-electron chi connectivity index (χ2n) is 7.53. The first kappa shape index (κ1) is 12.2. The van der Waals surface area contributed by atoms with Gasteiger partial charge in [-0.3, -0.25) is 0 Å². The lowest BCUT2D eigenvalue weighted by molar-refractivity contribution is -0.0943. The van der Waals surface area contributed by atoms with Gasteiger partial charge in [0, 0.05) is 6.04 Å². The minimum atomic E-state index is -1.28. The molecule has 2 bridgehead atoms. The quantitative estimate of drug-likeness (QED) is 0.486. The first-order valence-electron chi connectivity index (χ1n) is 6.69. The molecule has 0 aromatic heterocycles. The van der Waals surface area contributed by atoms with Crippen LogP contribution >= 0.6 is 0 Å². The first-order chi connectivity index (χ1) is 7.25. The van der Waals surface area contributed by atoms with Crippen molar-refractivity contribution >= 4 is 8.07 Å². The fraction of sp³-hybridized carbons (Fsp3) is 0.867. The molecule has 0 amide bonds. The maximum Gasteiger partial charge on any atom is 0.0665 e. The summed E-state index contributed by atoms with van der Waals surface area (Å²) in [6, 6.07) is 1.06. The van der Waals surface area contributed by atoms with E-state index in [0.29, 0.717) is 10.5 Å². The zero-order chi connectivity index (χ0) is 12.2. The smallest absolute Gasteiger partial charge is 0.0665 e. The molecule has 0 N–H and O–H groups in total. The summed E-state index contributed by atoms with van der Waals surface area (Å²) in [5.74, 6) is 4.90. The first-order valence-corrected chi connectivity index (χ1v) is 9.90. The van der Waals surface area contributed by atoms with Crippen LogP contribution in [0, 0.1) is 29.6 Å². The minimum absolute atomic E-state index is 0.581. The minimum Gasteiger partial charge on any atom is -0.120 e. The van der Waals surface area contributed by atoms with E-state index in [1.807, 2.05) is 0 Å². The summed E-state index contributed by atoms with van der Waals surface area (Å²) in [5, 5.41) is 0.581. The highest BCUT2D eigenvalue weighted by Gasteiger charge is 2.63. The van der Waals surface area contributed by atoms with Crippen LogP contribution in [0.15, 0.2) is 0 Å². The molecule has 3 saturated carbocycles. The summed E-state index contributed by atoms with van der Waals surface area (Å²) in [4.78, 5) is 0. The molecule has 0 aromatic rings. The zero-order valence-electron chi connectivity index (χ0n) is 11.6. The van der Waals surface area contributed by atoms with Gasteiger partial charge in [0.25, 0.3) is 0 Å². The topological polar surface area (TPSA) is 0 Å². The van der Waals surface area contributed by atoms with Gasteiger partial charge < -0.3 is 0 Å². The normalized spacial score (nSPS) is 41.0. The van der Waals surface area contributed by atoms with Crippen molar-refractivity contribution in [3.63, 3.8) is 0 Å². The molecule has 3 unspecified atom stereocenters. The standard InChI is InChI=1S/C15H26Si/c1-7-10-16(5,6)15(4)9-8-12-11-13(15)14(12,2)3/h1,12-13H,8-11H2,2-6H3. The number of terminal acetylenes is 1. The Morgan fingerprint density at radius 1 is 1.31 bits per heavy atom. The van der Waals surface area contributed by atoms with Gasteiger partial charge in [-0.25, -0.2) is 0 Å². The number of rotatable bonds is 2. The van der Waals surface area contributed by atoms with Crippen LogP contribution in [-0.4, -0.2) is 8.07 Å². The van der Waals surface area contributed by atoms with Crippen LogP contribution in [0.25, 0.3) is 0 Å². The summed E-state index contributed by atoms with van der Waals surface area (Å²) in [7, 11) is -1.28. The van der Waals surface area contributed by atoms with Crippen LogP contribution in [0.5, 0.6) is 0 Å². The molecule has 0 aliphatic heterocycles. The molecule has 3 aliphatic carbocycles. The Morgan fingerprint density at radius 3 is 2.38 bits per heavy atom. The van der Waals surface area contributed by atoms with E-state index in [9.17, 15) is 0 Å². The second-order valence-corrected chi connectivity index (χ2v) is 12.8. The highest BCUT2D eigenvalue weighted by atomic mass is 28.3. The predicted octanol–water partition coefficient (Wildman–Crippen LogP) is 4.54. The molecule has 0 aromatic carbocycles. The maximum absolute atomic E-state index is 5.59. The Morgan fingerprint density at radius 2 is 1.94 bits per heavy atom. The van der Waals surface area contributed by atoms with Gasteiger partial charge in [0.15, 0.2) is 0 Å². The van der Waals surface area contributed by atoms with Crippen molar-refractivity contribution in [2.45, 2.75) is 64.2 Å². The second kappa shape index (κ2) is 3.39. The van der Waals surface area contributed by atoms with Crippen molar-refractivity contribution in [2.24, 2.45) is 17.3 Å². The Bertz CT molecular complexity index is 332. The molecule has 16 heavy (non-hydrogen) atoms. The van der Waals surface area contributed by atoms with Gasteiger partial charge in [-0.05, 0) is 41.6 Å². The summed E-state index contributed by atoms with van der Waals surface area (Å²) in [5.41, 5.74) is 0.589. The van der Waals surface area contributed by atoms with Crippen molar-refractivity contribution in [1.82, 2.24) is 0 Å². The lowest BCUT2D eigenvalue weighted by atomic mass is 9.45. The molecule has 0 nitrogen and oxygen atoms in total. The molecule has 0 heterocycles. The maximum atomic E-state index is 5.59. The average Bonchev–Trinajstić information content (AvgIpc) is 2.16. The van der Waals surface area contributed by atoms with Crippen molar-refractivity contribution < 1.29 is 0 Å². The summed E-state index contributed by atoms with van der Waals surface area (Å²) in [6.07, 6.45) is 9.95. The number of hydrogen-bond donors (Lipinski definition) is 0. The Labute approximate surface area is 102 Å². The third-order valence-corrected chi connectivity index (χ3v) is 11.1. The molecule has 1 heteroatoms. The molecular weight excluding hydrogens is 208 g/mol. The Hall–Kier alpha value is -0.223. The van der Waals surface area contributed by atoms with E-state index in [1.165, 1.54) is 19.3 Å². The lowest BCUT2D eigenvalue weighted by Gasteiger charge is -2.68. The molecular formula is C15H26Si. The molecule has 3 fully saturated rings. The van der Waals surface area contributed by atoms with E-state index < -0.39 is 8.07 Å². The van der Waals surface area contributed by atoms with E-state index in [-0.39, 0.29) is 0 Å². The average molecular weight is 234 g/mol. The van der Waals surface area contributed by atoms with Crippen LogP contribution in [0.1, 0.15) is 40.0 Å². The number of hydrogen-bond acceptors (Lipinski definition) is 0. The van der Waals surface area contributed by atoms with Crippen LogP contribution in [0.3, 0.4) is 0 Å². The van der Waals surface area contributed by atoms with Gasteiger partial charge in [-0.1, -0.05) is 33.9 Å². The van der Waals surface area contributed by atoms with Crippen molar-refractivity contribution in [3.05, 3.63) is 0 Å². The van der Waals surface area contributed by atoms with E-state index >= 15 is 0 Å². The van der Waals surface area contributed by atoms with Crippen LogP contribution in [-0.2, 0) is 0 Å². The van der Waals surface area contributed by atoms with Crippen LogP contribution < -0.4 is 0 Å². The van der Waals surface area contributed by atoms with Gasteiger partial charge in [0.1, 0.15) is 0 Å². The van der Waals surface area contributed by atoms with Gasteiger partial charge in [-0.15, -0.1) is 12.3 Å². The van der Waals surface area contributed by atoms with Gasteiger partial charge in [0.05, 0.1) is 8.07 Å². The van der Waals surface area contributed by atoms with E-state index in [1.54, 1.807) is 0 Å². The Kier molecular flexibility index (Phi) is 2.59. The van der Waals surface area contributed by atoms with Gasteiger partial charge in [-0.2, -0.15) is 0 Å². The summed E-state index contributed by atoms with van der Waals surface area (Å²) in [6.45, 7) is 12.6. The van der Waals surface area contributed by atoms with E-state index in [4.69, 9.17) is 6.42 Å². The third kappa shape index (κ3) is 1.35. The lowest BCUT2D eigenvalue weighted by Crippen LogP contribution is -2.61. The van der Waals surface area contributed by atoms with E-state index in [2.05, 4.69) is 39.8 Å². The highest BCUT2D eigenvalue weighted by Crippen LogP contribution is 2.72. The Balaban J connectivity index is 2.29. The fourth-order valence-electron chi connectivity index (χ4n) is 4.50. The molecule has 3 aliphatic rings. The van der Waals surface area contributed by atoms with E-state index in [0.717, 1.165) is 17.9 Å². The molecule has 0 saturated heterocycles. The summed E-state index contributed by atoms with van der Waals surface area (Å²) < 4.78 is 0. The SMILES string of the molecule is C#CC[Si](C)(C)C1(C)CCC2CC1C2(C)C. The van der Waals surface area contributed by atoms with Crippen molar-refractivity contribution in [2.75, 3.05) is 0 Å². The van der Waals surface area contributed by atoms with Crippen LogP contribution in [0.2, 0.25) is 24.2 Å². The van der Waals surface area contributed by atoms with Gasteiger partial charge >= 0.3 is 0 Å². The third-order valence-electron chi connectivity index (χ3n) is 6.34. The molecule has 3 rings (SSSR count). The highest BCUT2D eigenvalue weighted by molar-refractivity contribution is 6.81. The van der Waals surface area contributed by atoms with Crippen LogP contribution in [0.4, 0.5) is 0 Å². The van der Waals surface area contributed by atoms with Crippen molar-refractivity contribution in [1.29, 1.82) is 0 Å². The molecule has 90 valence electrons. The summed E-state index contributed by atoms with van der Waals surface area (Å²) >= 11 is 0. The molecule has 0 radical (unpaired) electrons. The fourth-order valence-corrected chi connectivity index (χ4v) is 7.67. The molecule has 0 spiro atoms. The van der Waals surface area contributed by atoms with Crippen molar-refractivity contribution in [3.8, 4) is 12.3 Å². The molecule has 3 atom stereocenters. The predicted molar refractivity (Wildman–Crippen MR) is 74.1 cm³/mol. The number of fused-ring (bicyclic) bond motifs is 2. The monoisotopic (exact) mass is 234 g/mol. The zero-order valence-corrected chi connectivity index (χ0v) is 12.6.